The van der Waals surface area contributed by atoms with Crippen molar-refractivity contribution in [3.63, 3.8) is 0 Å². The van der Waals surface area contributed by atoms with E-state index in [1.165, 1.54) is 30.1 Å². The molecule has 5 aromatic rings. The van der Waals surface area contributed by atoms with Crippen LogP contribution in [-0.4, -0.2) is 38.3 Å². The molecule has 11 heteroatoms. The summed E-state index contributed by atoms with van der Waals surface area (Å²) in [6, 6.07) is 7.27. The van der Waals surface area contributed by atoms with Crippen LogP contribution in [0.4, 0.5) is 13.2 Å². The lowest BCUT2D eigenvalue weighted by Gasteiger charge is -2.05. The number of H-pyrrole nitrogens is 2. The number of imidazole rings is 1. The van der Waals surface area contributed by atoms with E-state index in [4.69, 9.17) is 0 Å². The quantitative estimate of drug-likeness (QED) is 0.336. The lowest BCUT2D eigenvalue weighted by Crippen LogP contribution is -2.20. The molecule has 0 saturated carbocycles. The molecule has 0 fully saturated rings. The summed E-state index contributed by atoms with van der Waals surface area (Å²) in [6.07, 6.45) is 2.61. The summed E-state index contributed by atoms with van der Waals surface area (Å²) in [7, 11) is 1.53. The molecule has 0 aliphatic carbocycles. The number of hydrogen-bond acceptors (Lipinski definition) is 4. The molecule has 3 heterocycles. The van der Waals surface area contributed by atoms with Crippen molar-refractivity contribution in [3.05, 3.63) is 99.1 Å². The van der Waals surface area contributed by atoms with Crippen molar-refractivity contribution in [2.45, 2.75) is 6.54 Å². The normalized spacial score (nSPS) is 11.3. The summed E-state index contributed by atoms with van der Waals surface area (Å²) >= 11 is 0. The first-order valence-electron chi connectivity index (χ1n) is 10.4. The topological polar surface area (TPSA) is 113 Å². The van der Waals surface area contributed by atoms with E-state index in [0.717, 1.165) is 0 Å². The minimum Gasteiger partial charge on any atom is -0.356 e. The van der Waals surface area contributed by atoms with Crippen LogP contribution < -0.4 is 10.9 Å². The van der Waals surface area contributed by atoms with Gasteiger partial charge in [0.05, 0.1) is 23.1 Å². The van der Waals surface area contributed by atoms with E-state index < -0.39 is 34.4 Å². The zero-order chi connectivity index (χ0) is 24.9. The van der Waals surface area contributed by atoms with Crippen LogP contribution in [0.25, 0.3) is 21.9 Å². The zero-order valence-electron chi connectivity index (χ0n) is 18.1. The van der Waals surface area contributed by atoms with E-state index in [0.29, 0.717) is 34.6 Å². The number of amides is 1. The third-order valence-electron chi connectivity index (χ3n) is 5.64. The summed E-state index contributed by atoms with van der Waals surface area (Å²) in [4.78, 5) is 47.8. The van der Waals surface area contributed by atoms with Gasteiger partial charge >= 0.3 is 0 Å². The van der Waals surface area contributed by atoms with Gasteiger partial charge in [-0.2, -0.15) is 0 Å². The number of hydrogen-bond donors (Lipinski definition) is 3. The molecular formula is C24H16F3N5O3. The van der Waals surface area contributed by atoms with Gasteiger partial charge in [-0.15, -0.1) is 0 Å². The van der Waals surface area contributed by atoms with Crippen molar-refractivity contribution in [3.8, 4) is 0 Å². The molecule has 0 bridgehead atoms. The number of aromatic amines is 2. The molecule has 0 saturated heterocycles. The number of rotatable bonds is 5. The van der Waals surface area contributed by atoms with Gasteiger partial charge in [0.2, 0.25) is 5.78 Å². The Kier molecular flexibility index (Phi) is 5.24. The van der Waals surface area contributed by atoms with E-state index in [-0.39, 0.29) is 28.9 Å². The number of aromatic nitrogens is 4. The van der Waals surface area contributed by atoms with E-state index in [1.54, 1.807) is 18.2 Å². The Morgan fingerprint density at radius 3 is 2.54 bits per heavy atom. The number of nitrogens with zero attached hydrogens (tertiary/aromatic N) is 2. The highest BCUT2D eigenvalue weighted by Crippen LogP contribution is 2.23. The molecule has 2 aromatic carbocycles. The monoisotopic (exact) mass is 479 g/mol. The second-order valence-electron chi connectivity index (χ2n) is 7.81. The van der Waals surface area contributed by atoms with E-state index in [9.17, 15) is 27.6 Å². The van der Waals surface area contributed by atoms with E-state index in [2.05, 4.69) is 20.3 Å². The molecule has 0 radical (unpaired) electrons. The average Bonchev–Trinajstić information content (AvgIpc) is 3.43. The van der Waals surface area contributed by atoms with Gasteiger partial charge in [0.15, 0.2) is 0 Å². The second-order valence-corrected chi connectivity index (χ2v) is 7.81. The third kappa shape index (κ3) is 3.76. The maximum atomic E-state index is 14.1. The number of pyridine rings is 1. The smallest absolute Gasteiger partial charge is 0.275 e. The largest absolute Gasteiger partial charge is 0.356 e. The van der Waals surface area contributed by atoms with Gasteiger partial charge in [-0.1, -0.05) is 0 Å². The van der Waals surface area contributed by atoms with Crippen molar-refractivity contribution >= 4 is 33.6 Å². The Morgan fingerprint density at radius 1 is 1.09 bits per heavy atom. The predicted molar refractivity (Wildman–Crippen MR) is 121 cm³/mol. The number of carbonyl (C=O) groups excluding carboxylic acids is 2. The van der Waals surface area contributed by atoms with Gasteiger partial charge in [-0.05, 0) is 24.3 Å². The van der Waals surface area contributed by atoms with Crippen molar-refractivity contribution in [2.75, 3.05) is 7.05 Å². The standard InChI is InChI=1S/C24H16F3N5O3/c1-28-23(34)11-2-3-17-18(6-11)31-19(30-17)10-32-5-4-13-14(9-29-21(13)24(32)35)22(33)20-15(26)7-12(25)8-16(20)27/h2-9,29H,10H2,1H3,(H,28,34)(H,30,31). The van der Waals surface area contributed by atoms with Crippen LogP contribution in [0.5, 0.6) is 0 Å². The Hall–Kier alpha value is -4.67. The van der Waals surface area contributed by atoms with Crippen LogP contribution in [0.1, 0.15) is 32.1 Å². The molecule has 0 atom stereocenters. The third-order valence-corrected chi connectivity index (χ3v) is 5.64. The predicted octanol–water partition coefficient (Wildman–Crippen LogP) is 3.26. The molecule has 0 aliphatic rings. The van der Waals surface area contributed by atoms with Gasteiger partial charge in [-0.25, -0.2) is 18.2 Å². The average molecular weight is 479 g/mol. The summed E-state index contributed by atoms with van der Waals surface area (Å²) in [5.74, 6) is -4.63. The Labute approximate surface area is 194 Å². The maximum absolute atomic E-state index is 14.1. The minimum absolute atomic E-state index is 0.0526. The molecule has 35 heavy (non-hydrogen) atoms. The lowest BCUT2D eigenvalue weighted by molar-refractivity contribution is 0.0962. The second kappa shape index (κ2) is 8.28. The van der Waals surface area contributed by atoms with E-state index in [1.807, 2.05) is 0 Å². The summed E-state index contributed by atoms with van der Waals surface area (Å²) < 4.78 is 42.8. The van der Waals surface area contributed by atoms with Crippen molar-refractivity contribution in [2.24, 2.45) is 0 Å². The van der Waals surface area contributed by atoms with Crippen LogP contribution >= 0.6 is 0 Å². The molecule has 3 N–H and O–H groups in total. The molecule has 8 nitrogen and oxygen atoms in total. The number of carbonyl (C=O) groups is 2. The molecule has 0 spiro atoms. The molecule has 176 valence electrons. The van der Waals surface area contributed by atoms with E-state index >= 15 is 0 Å². The molecular weight excluding hydrogens is 463 g/mol. The molecule has 3 aromatic heterocycles. The lowest BCUT2D eigenvalue weighted by atomic mass is 10.0. The first-order chi connectivity index (χ1) is 16.8. The molecule has 1 amide bonds. The number of fused-ring (bicyclic) bond motifs is 2. The molecule has 0 aliphatic heterocycles. The zero-order valence-corrected chi connectivity index (χ0v) is 18.1. The first-order valence-corrected chi connectivity index (χ1v) is 10.4. The fourth-order valence-electron chi connectivity index (χ4n) is 3.95. The Bertz CT molecular complexity index is 1690. The van der Waals surface area contributed by atoms with Gasteiger partial charge < -0.3 is 19.9 Å². The van der Waals surface area contributed by atoms with Gasteiger partial charge in [0.25, 0.3) is 11.5 Å². The highest BCUT2D eigenvalue weighted by Gasteiger charge is 2.24. The Balaban J connectivity index is 1.49. The van der Waals surface area contributed by atoms with Gasteiger partial charge in [0.1, 0.15) is 28.8 Å². The van der Waals surface area contributed by atoms with Gasteiger partial charge in [0, 0.05) is 48.1 Å². The van der Waals surface area contributed by atoms with Gasteiger partial charge in [-0.3, -0.25) is 14.4 Å². The highest BCUT2D eigenvalue weighted by molar-refractivity contribution is 6.16. The van der Waals surface area contributed by atoms with Crippen molar-refractivity contribution < 1.29 is 22.8 Å². The van der Waals surface area contributed by atoms with Crippen LogP contribution in [0.2, 0.25) is 0 Å². The Morgan fingerprint density at radius 2 is 1.83 bits per heavy atom. The molecule has 0 unspecified atom stereocenters. The number of halogens is 3. The van der Waals surface area contributed by atoms with Crippen LogP contribution in [-0.2, 0) is 6.54 Å². The number of ketones is 1. The number of benzene rings is 2. The van der Waals surface area contributed by atoms with Crippen LogP contribution in [0.15, 0.2) is 53.6 Å². The summed E-state index contributed by atoms with van der Waals surface area (Å²) in [5.41, 5.74) is 0.203. The summed E-state index contributed by atoms with van der Waals surface area (Å²) in [6.45, 7) is 0.0578. The van der Waals surface area contributed by atoms with Crippen LogP contribution in [0, 0.1) is 17.5 Å². The minimum atomic E-state index is -1.33. The SMILES string of the molecule is CNC(=O)c1ccc2nc(Cn3ccc4c(C(=O)c5c(F)cc(F)cc5F)c[nH]c4c3=O)[nH]c2c1. The van der Waals surface area contributed by atoms with Crippen molar-refractivity contribution in [1.29, 1.82) is 0 Å². The molecule has 5 rings (SSSR count). The summed E-state index contributed by atoms with van der Waals surface area (Å²) in [5, 5.41) is 2.71. The first kappa shape index (κ1) is 22.1. The number of nitrogens with one attached hydrogen (secondary N) is 3. The van der Waals surface area contributed by atoms with Crippen molar-refractivity contribution in [1.82, 2.24) is 24.8 Å². The fourth-order valence-corrected chi connectivity index (χ4v) is 3.95. The van der Waals surface area contributed by atoms with Crippen LogP contribution in [0.3, 0.4) is 0 Å². The highest BCUT2D eigenvalue weighted by atomic mass is 19.1. The fraction of sp³-hybridized carbons (Fsp3) is 0.0833. The maximum Gasteiger partial charge on any atom is 0.275 e.